The fraction of sp³-hybridized carbons (Fsp3) is 0.333. The van der Waals surface area contributed by atoms with Crippen LogP contribution >= 0.6 is 15.8 Å². The highest BCUT2D eigenvalue weighted by Gasteiger charge is 2.45. The molecule has 6 rings (SSSR count). The zero-order valence-corrected chi connectivity index (χ0v) is 24.2. The van der Waals surface area contributed by atoms with E-state index < -0.39 is 15.8 Å². The summed E-state index contributed by atoms with van der Waals surface area (Å²) in [6.45, 7) is 0. The Morgan fingerprint density at radius 2 is 0.895 bits per heavy atom. The Kier molecular flexibility index (Phi) is 8.71. The van der Waals surface area contributed by atoms with Gasteiger partial charge in [0.2, 0.25) is 0 Å². The third-order valence-corrected chi connectivity index (χ3v) is 15.0. The topological polar surface area (TPSA) is 0 Å². The number of hydrogen-bond donors (Lipinski definition) is 0. The van der Waals surface area contributed by atoms with Gasteiger partial charge in [-0.3, -0.25) is 0 Å². The van der Waals surface area contributed by atoms with Crippen LogP contribution in [0.25, 0.3) is 0 Å². The summed E-state index contributed by atoms with van der Waals surface area (Å²) in [5, 5.41) is 6.30. The van der Waals surface area contributed by atoms with Crippen molar-refractivity contribution in [2.75, 3.05) is 0 Å². The molecule has 0 amide bonds. The lowest BCUT2D eigenvalue weighted by Gasteiger charge is -2.44. The zero-order chi connectivity index (χ0) is 25.6. The fourth-order valence-corrected chi connectivity index (χ4v) is 14.1. The average Bonchev–Trinajstić information content (AvgIpc) is 3.47. The first-order chi connectivity index (χ1) is 18.9. The molecule has 0 bridgehead atoms. The monoisotopic (exact) mass is 534 g/mol. The molecular weight excluding hydrogens is 494 g/mol. The minimum absolute atomic E-state index is 0.397. The number of hydrogen-bond acceptors (Lipinski definition) is 0. The molecule has 2 saturated carbocycles. The van der Waals surface area contributed by atoms with Gasteiger partial charge in [0.05, 0.1) is 0 Å². The predicted molar refractivity (Wildman–Crippen MR) is 170 cm³/mol. The average molecular weight is 535 g/mol. The van der Waals surface area contributed by atoms with Crippen molar-refractivity contribution in [3.63, 3.8) is 0 Å². The Balaban J connectivity index is 1.47. The maximum absolute atomic E-state index is 2.44. The van der Waals surface area contributed by atoms with E-state index in [2.05, 4.69) is 121 Å². The zero-order valence-electron chi connectivity index (χ0n) is 22.4. The molecule has 0 aliphatic heterocycles. The van der Waals surface area contributed by atoms with Crippen molar-refractivity contribution in [1.29, 1.82) is 0 Å². The lowest BCUT2D eigenvalue weighted by atomic mass is 9.81. The maximum Gasteiger partial charge on any atom is -0.00659 e. The molecule has 2 heteroatoms. The van der Waals surface area contributed by atoms with Crippen LogP contribution in [0.2, 0.25) is 0 Å². The highest BCUT2D eigenvalue weighted by atomic mass is 31.1. The van der Waals surface area contributed by atoms with Crippen LogP contribution in [0, 0.1) is 11.8 Å². The Labute approximate surface area is 232 Å². The summed E-state index contributed by atoms with van der Waals surface area (Å²) in [6.07, 6.45) is 11.2. The molecule has 0 aromatic heterocycles. The first-order valence-corrected chi connectivity index (χ1v) is 17.5. The second-order valence-corrected chi connectivity index (χ2v) is 15.9. The smallest absolute Gasteiger partial charge is 0.00659 e. The van der Waals surface area contributed by atoms with E-state index in [1.165, 1.54) is 51.4 Å². The van der Waals surface area contributed by atoms with Gasteiger partial charge in [0.25, 0.3) is 0 Å². The van der Waals surface area contributed by atoms with Gasteiger partial charge in [-0.2, -0.15) is 0 Å². The van der Waals surface area contributed by atoms with Crippen LogP contribution < -0.4 is 21.2 Å². The van der Waals surface area contributed by atoms with E-state index in [0.717, 1.165) is 23.2 Å². The summed E-state index contributed by atoms with van der Waals surface area (Å²) >= 11 is 0. The second-order valence-electron chi connectivity index (χ2n) is 11.1. The summed E-state index contributed by atoms with van der Waals surface area (Å²) in [7, 11) is -0.824. The highest BCUT2D eigenvalue weighted by Crippen LogP contribution is 2.59. The quantitative estimate of drug-likeness (QED) is 0.199. The van der Waals surface area contributed by atoms with Gasteiger partial charge in [-0.15, -0.1) is 0 Å². The normalized spacial score (nSPS) is 21.1. The largest absolute Gasteiger partial charge is 0.0622 e. The lowest BCUT2D eigenvalue weighted by Crippen LogP contribution is -2.39. The summed E-state index contributed by atoms with van der Waals surface area (Å²) < 4.78 is 0. The summed E-state index contributed by atoms with van der Waals surface area (Å²) in [6, 6.07) is 46.3. The van der Waals surface area contributed by atoms with Crippen LogP contribution in [0.15, 0.2) is 121 Å². The van der Waals surface area contributed by atoms with Gasteiger partial charge >= 0.3 is 0 Å². The molecule has 0 nitrogen and oxygen atoms in total. The molecule has 0 N–H and O–H groups in total. The van der Waals surface area contributed by atoms with Gasteiger partial charge < -0.3 is 0 Å². The minimum atomic E-state index is -0.427. The highest BCUT2D eigenvalue weighted by molar-refractivity contribution is 7.74. The van der Waals surface area contributed by atoms with E-state index in [1.807, 2.05) is 0 Å². The van der Waals surface area contributed by atoms with Crippen molar-refractivity contribution in [3.8, 4) is 0 Å². The number of benzene rings is 4. The van der Waals surface area contributed by atoms with Crippen molar-refractivity contribution in [2.24, 2.45) is 11.8 Å². The molecule has 2 fully saturated rings. The Bertz CT molecular complexity index is 1160. The Morgan fingerprint density at radius 1 is 0.447 bits per heavy atom. The molecule has 2 aliphatic carbocycles. The number of rotatable bonds is 8. The van der Waals surface area contributed by atoms with Crippen molar-refractivity contribution >= 4 is 37.1 Å². The fourth-order valence-electron chi connectivity index (χ4n) is 7.30. The molecule has 0 saturated heterocycles. The van der Waals surface area contributed by atoms with E-state index in [0.29, 0.717) is 0 Å². The molecule has 4 aromatic rings. The summed E-state index contributed by atoms with van der Waals surface area (Å²) in [5.41, 5.74) is 1.50. The maximum atomic E-state index is 2.44. The van der Waals surface area contributed by atoms with Gasteiger partial charge in [0, 0.05) is 0 Å². The first-order valence-electron chi connectivity index (χ1n) is 14.7. The van der Waals surface area contributed by atoms with Crippen molar-refractivity contribution in [3.05, 3.63) is 121 Å². The molecule has 38 heavy (non-hydrogen) atoms. The van der Waals surface area contributed by atoms with Crippen LogP contribution in [0.3, 0.4) is 0 Å². The molecule has 0 spiro atoms. The van der Waals surface area contributed by atoms with E-state index in [4.69, 9.17) is 0 Å². The SMILES string of the molecule is c1ccc(P(c2ccccc2)C2CCC[C@@H]2C(C2CCCCC2)P(c2ccccc2)c2ccccc2)cc1. The minimum Gasteiger partial charge on any atom is -0.0622 e. The molecule has 3 atom stereocenters. The van der Waals surface area contributed by atoms with Gasteiger partial charge in [-0.05, 0) is 85.9 Å². The van der Waals surface area contributed by atoms with E-state index in [1.54, 1.807) is 21.2 Å². The molecule has 194 valence electrons. The van der Waals surface area contributed by atoms with Crippen molar-refractivity contribution in [1.82, 2.24) is 0 Å². The summed E-state index contributed by atoms with van der Waals surface area (Å²) in [4.78, 5) is 0. The Hall–Kier alpha value is -2.26. The molecule has 4 aromatic carbocycles. The van der Waals surface area contributed by atoms with Crippen LogP contribution in [0.1, 0.15) is 51.4 Å². The van der Waals surface area contributed by atoms with Gasteiger partial charge in [-0.25, -0.2) is 0 Å². The molecular formula is C36H40P2. The third kappa shape index (κ3) is 5.69. The van der Waals surface area contributed by atoms with E-state index >= 15 is 0 Å². The molecule has 0 radical (unpaired) electrons. The molecule has 2 unspecified atom stereocenters. The van der Waals surface area contributed by atoms with Crippen LogP contribution in [-0.4, -0.2) is 11.3 Å². The second kappa shape index (κ2) is 12.7. The van der Waals surface area contributed by atoms with Crippen molar-refractivity contribution < 1.29 is 0 Å². The Morgan fingerprint density at radius 3 is 1.37 bits per heavy atom. The standard InChI is InChI=1S/C36H40P2/c1-6-17-29(18-7-1)36(38(32-23-12-4-13-24-32)33-25-14-5-15-26-33)34-27-16-28-35(34)37(30-19-8-2-9-20-30)31-21-10-3-11-22-31/h2-5,8-15,19-26,29,34-36H,1,6-7,16-18,27-28H2/t34-,35?,36?/m0/s1. The van der Waals surface area contributed by atoms with Gasteiger partial charge in [-0.1, -0.05) is 147 Å². The van der Waals surface area contributed by atoms with E-state index in [9.17, 15) is 0 Å². The third-order valence-electron chi connectivity index (χ3n) is 8.87. The van der Waals surface area contributed by atoms with Gasteiger partial charge in [0.1, 0.15) is 0 Å². The van der Waals surface area contributed by atoms with Crippen LogP contribution in [-0.2, 0) is 0 Å². The molecule has 2 aliphatic rings. The lowest BCUT2D eigenvalue weighted by molar-refractivity contribution is 0.300. The van der Waals surface area contributed by atoms with Crippen LogP contribution in [0.4, 0.5) is 0 Å². The van der Waals surface area contributed by atoms with Crippen LogP contribution in [0.5, 0.6) is 0 Å². The summed E-state index contributed by atoms with van der Waals surface area (Å²) in [5.74, 6) is 1.61. The molecule has 0 heterocycles. The van der Waals surface area contributed by atoms with E-state index in [-0.39, 0.29) is 0 Å². The first kappa shape index (κ1) is 26.0. The predicted octanol–water partition coefficient (Wildman–Crippen LogP) is 8.37. The van der Waals surface area contributed by atoms with Gasteiger partial charge in [0.15, 0.2) is 0 Å². The van der Waals surface area contributed by atoms with Crippen molar-refractivity contribution in [2.45, 2.75) is 62.7 Å².